The fourth-order valence-electron chi connectivity index (χ4n) is 4.72. The Labute approximate surface area is 225 Å². The number of rotatable bonds is 8. The molecule has 10 heteroatoms. The Morgan fingerprint density at radius 3 is 2.53 bits per heavy atom. The van der Waals surface area contributed by atoms with Crippen LogP contribution in [0.1, 0.15) is 53.4 Å². The van der Waals surface area contributed by atoms with Crippen molar-refractivity contribution in [2.24, 2.45) is 5.92 Å². The van der Waals surface area contributed by atoms with E-state index in [1.165, 1.54) is 4.88 Å². The van der Waals surface area contributed by atoms with Crippen molar-refractivity contribution in [2.75, 3.05) is 19.6 Å². The summed E-state index contributed by atoms with van der Waals surface area (Å²) in [5.74, 6) is -0.248. The number of carbonyl (C=O) groups is 1. The Balaban J connectivity index is 1.69. The van der Waals surface area contributed by atoms with Gasteiger partial charge in [0.15, 0.2) is 0 Å². The molecule has 1 amide bonds. The minimum absolute atomic E-state index is 0.0224. The lowest BCUT2D eigenvalue weighted by Gasteiger charge is -2.38. The predicted molar refractivity (Wildman–Crippen MR) is 142 cm³/mol. The van der Waals surface area contributed by atoms with Crippen molar-refractivity contribution >= 4 is 27.3 Å². The number of thiophene rings is 1. The maximum absolute atomic E-state index is 13.8. The molecule has 2 heterocycles. The first-order valence-corrected chi connectivity index (χ1v) is 14.8. The summed E-state index contributed by atoms with van der Waals surface area (Å²) in [7, 11) is -4.37. The molecule has 0 bridgehead atoms. The zero-order valence-corrected chi connectivity index (χ0v) is 23.2. The van der Waals surface area contributed by atoms with Crippen molar-refractivity contribution in [3.05, 3.63) is 87.1 Å². The first-order chi connectivity index (χ1) is 17.9. The summed E-state index contributed by atoms with van der Waals surface area (Å²) in [6.07, 6.45) is -3.56. The molecule has 0 spiro atoms. The second kappa shape index (κ2) is 11.2. The number of nitrogens with zero attached hydrogens (tertiary/aromatic N) is 2. The van der Waals surface area contributed by atoms with Gasteiger partial charge in [-0.25, -0.2) is 8.42 Å². The number of amides is 1. The predicted octanol–water partition coefficient (Wildman–Crippen LogP) is 6.29. The summed E-state index contributed by atoms with van der Waals surface area (Å²) in [6, 6.07) is 13.1. The molecule has 1 aliphatic heterocycles. The second-order valence-electron chi connectivity index (χ2n) is 9.94. The smallest absolute Gasteiger partial charge is 0.330 e. The molecule has 0 aliphatic carbocycles. The van der Waals surface area contributed by atoms with Crippen LogP contribution >= 0.6 is 11.3 Å². The van der Waals surface area contributed by atoms with E-state index in [0.717, 1.165) is 39.2 Å². The van der Waals surface area contributed by atoms with Crippen LogP contribution < -0.4 is 0 Å². The molecule has 0 saturated carbocycles. The number of aryl methyl sites for hydroxylation is 1. The summed E-state index contributed by atoms with van der Waals surface area (Å²) in [4.78, 5) is 16.3. The van der Waals surface area contributed by atoms with Crippen LogP contribution in [-0.4, -0.2) is 43.2 Å². The molecule has 38 heavy (non-hydrogen) atoms. The van der Waals surface area contributed by atoms with E-state index >= 15 is 0 Å². The molecule has 3 aromatic rings. The van der Waals surface area contributed by atoms with E-state index in [0.29, 0.717) is 25.5 Å². The fraction of sp³-hybridized carbons (Fsp3) is 0.393. The number of sulfonamides is 1. The van der Waals surface area contributed by atoms with Crippen LogP contribution in [0, 0.1) is 12.8 Å². The van der Waals surface area contributed by atoms with Crippen LogP contribution in [0.2, 0.25) is 0 Å². The standard InChI is InChI=1S/C28H31F3N2O3S2/c1-19(2)11-14-32(38(35,36)22-9-6-8-21(17-22)28(29,30)31)18-26(34)33-15-12-25-24(13-16-37-25)27(33)23-10-5-4-7-20(23)3/h4-10,13,16-17,19,27H,11-12,14-15,18H2,1-3H3. The average molecular weight is 565 g/mol. The van der Waals surface area contributed by atoms with Crippen molar-refractivity contribution in [2.45, 2.75) is 50.7 Å². The second-order valence-corrected chi connectivity index (χ2v) is 12.9. The topological polar surface area (TPSA) is 57.7 Å². The molecule has 204 valence electrons. The van der Waals surface area contributed by atoms with Gasteiger partial charge in [-0.1, -0.05) is 44.2 Å². The van der Waals surface area contributed by atoms with E-state index in [9.17, 15) is 26.4 Å². The number of benzene rings is 2. The third-order valence-corrected chi connectivity index (χ3v) is 9.67. The minimum Gasteiger partial charge on any atom is -0.330 e. The summed E-state index contributed by atoms with van der Waals surface area (Å²) in [5.41, 5.74) is 1.96. The molecular weight excluding hydrogens is 533 g/mol. The monoisotopic (exact) mass is 564 g/mol. The van der Waals surface area contributed by atoms with Crippen LogP contribution in [0.25, 0.3) is 0 Å². The zero-order chi connectivity index (χ0) is 27.7. The molecule has 1 aromatic heterocycles. The number of hydrogen-bond donors (Lipinski definition) is 0. The third-order valence-electron chi connectivity index (χ3n) is 6.84. The van der Waals surface area contributed by atoms with Crippen LogP contribution in [0.3, 0.4) is 0 Å². The molecule has 0 fully saturated rings. The first kappa shape index (κ1) is 28.3. The fourth-order valence-corrected chi connectivity index (χ4v) is 7.08. The number of hydrogen-bond acceptors (Lipinski definition) is 4. The van der Waals surface area contributed by atoms with Gasteiger partial charge >= 0.3 is 6.18 Å². The van der Waals surface area contributed by atoms with Gasteiger partial charge in [0.2, 0.25) is 15.9 Å². The molecule has 1 atom stereocenters. The van der Waals surface area contributed by atoms with Gasteiger partial charge in [-0.05, 0) is 72.0 Å². The van der Waals surface area contributed by atoms with E-state index in [4.69, 9.17) is 0 Å². The van der Waals surface area contributed by atoms with Gasteiger partial charge in [0.1, 0.15) is 0 Å². The Kier molecular flexibility index (Phi) is 8.34. The van der Waals surface area contributed by atoms with Gasteiger partial charge in [-0.2, -0.15) is 17.5 Å². The maximum Gasteiger partial charge on any atom is 0.416 e. The maximum atomic E-state index is 13.8. The molecule has 1 aliphatic rings. The molecule has 5 nitrogen and oxygen atoms in total. The Bertz CT molecular complexity index is 1400. The highest BCUT2D eigenvalue weighted by Crippen LogP contribution is 2.39. The van der Waals surface area contributed by atoms with Gasteiger partial charge in [0, 0.05) is 18.0 Å². The molecule has 2 aromatic carbocycles. The van der Waals surface area contributed by atoms with Gasteiger partial charge in [-0.15, -0.1) is 11.3 Å². The first-order valence-electron chi connectivity index (χ1n) is 12.5. The summed E-state index contributed by atoms with van der Waals surface area (Å²) >= 11 is 1.64. The van der Waals surface area contributed by atoms with E-state index in [1.54, 1.807) is 16.2 Å². The van der Waals surface area contributed by atoms with Crippen LogP contribution in [0.5, 0.6) is 0 Å². The van der Waals surface area contributed by atoms with Crippen LogP contribution in [0.15, 0.2) is 64.9 Å². The molecule has 0 radical (unpaired) electrons. The number of fused-ring (bicyclic) bond motifs is 1. The summed E-state index contributed by atoms with van der Waals surface area (Å²) in [5, 5.41) is 2.00. The van der Waals surface area contributed by atoms with Crippen LogP contribution in [-0.2, 0) is 27.4 Å². The number of alkyl halides is 3. The molecule has 0 N–H and O–H groups in total. The summed E-state index contributed by atoms with van der Waals surface area (Å²) in [6.45, 7) is 5.82. The van der Waals surface area contributed by atoms with Gasteiger partial charge in [-0.3, -0.25) is 4.79 Å². The lowest BCUT2D eigenvalue weighted by Crippen LogP contribution is -2.47. The Morgan fingerprint density at radius 1 is 1.11 bits per heavy atom. The van der Waals surface area contributed by atoms with Crippen molar-refractivity contribution in [3.63, 3.8) is 0 Å². The van der Waals surface area contributed by atoms with Crippen molar-refractivity contribution in [1.29, 1.82) is 0 Å². The van der Waals surface area contributed by atoms with Crippen molar-refractivity contribution in [3.8, 4) is 0 Å². The van der Waals surface area contributed by atoms with Gasteiger partial charge < -0.3 is 4.90 Å². The minimum atomic E-state index is -4.68. The lowest BCUT2D eigenvalue weighted by atomic mass is 9.90. The van der Waals surface area contributed by atoms with E-state index < -0.39 is 33.2 Å². The molecule has 1 unspecified atom stereocenters. The Hall–Kier alpha value is -2.69. The number of carbonyl (C=O) groups excluding carboxylic acids is 1. The highest BCUT2D eigenvalue weighted by Gasteiger charge is 2.37. The van der Waals surface area contributed by atoms with E-state index in [-0.39, 0.29) is 24.4 Å². The highest BCUT2D eigenvalue weighted by atomic mass is 32.2. The lowest BCUT2D eigenvalue weighted by molar-refractivity contribution is -0.137. The zero-order valence-electron chi connectivity index (χ0n) is 21.5. The molecule has 4 rings (SSSR count). The summed E-state index contributed by atoms with van der Waals surface area (Å²) < 4.78 is 68.2. The SMILES string of the molecule is Cc1ccccc1C1c2ccsc2CCN1C(=O)CN(CCC(C)C)S(=O)(=O)c1cccc(C(F)(F)F)c1. The highest BCUT2D eigenvalue weighted by molar-refractivity contribution is 7.89. The van der Waals surface area contributed by atoms with Crippen molar-refractivity contribution in [1.82, 2.24) is 9.21 Å². The molecular formula is C28H31F3N2O3S2. The van der Waals surface area contributed by atoms with Gasteiger partial charge in [0.25, 0.3) is 0 Å². The quantitative estimate of drug-likeness (QED) is 0.323. The third kappa shape index (κ3) is 5.97. The van der Waals surface area contributed by atoms with E-state index in [2.05, 4.69) is 0 Å². The Morgan fingerprint density at radius 2 is 1.84 bits per heavy atom. The van der Waals surface area contributed by atoms with Gasteiger partial charge in [0.05, 0.1) is 23.0 Å². The van der Waals surface area contributed by atoms with Crippen molar-refractivity contribution < 1.29 is 26.4 Å². The largest absolute Gasteiger partial charge is 0.416 e. The molecule has 0 saturated heterocycles. The van der Waals surface area contributed by atoms with E-state index in [1.807, 2.05) is 56.5 Å². The number of halogens is 3. The van der Waals surface area contributed by atoms with Crippen LogP contribution in [0.4, 0.5) is 13.2 Å². The average Bonchev–Trinajstić information content (AvgIpc) is 3.34. The normalized spacial score (nSPS) is 16.2.